The molecule has 1 atom stereocenters. The average molecular weight is 223 g/mol. The van der Waals surface area contributed by atoms with Crippen LogP contribution < -0.4 is 0 Å². The highest BCUT2D eigenvalue weighted by Crippen LogP contribution is 2.34. The lowest BCUT2D eigenvalue weighted by molar-refractivity contribution is -0.137. The zero-order valence-electron chi connectivity index (χ0n) is 9.43. The van der Waals surface area contributed by atoms with Crippen molar-refractivity contribution in [3.8, 4) is 0 Å². The maximum atomic E-state index is 10.6. The molecule has 1 N–H and O–H groups in total. The van der Waals surface area contributed by atoms with Gasteiger partial charge < -0.3 is 9.52 Å². The van der Waals surface area contributed by atoms with Crippen molar-refractivity contribution in [2.45, 2.75) is 38.3 Å². The number of hydrogen-bond acceptors (Lipinski definition) is 3. The van der Waals surface area contributed by atoms with Crippen molar-refractivity contribution in [1.82, 2.24) is 4.90 Å². The number of aliphatic carboxylic acids is 1. The molecule has 0 bridgehead atoms. The van der Waals surface area contributed by atoms with Gasteiger partial charge in [0.05, 0.1) is 18.7 Å². The Morgan fingerprint density at radius 3 is 2.94 bits per heavy atom. The second-order valence-electron chi connectivity index (χ2n) is 4.30. The Balaban J connectivity index is 1.98. The van der Waals surface area contributed by atoms with E-state index in [0.717, 1.165) is 5.76 Å². The fraction of sp³-hybridized carbons (Fsp3) is 0.583. The molecule has 88 valence electrons. The standard InChI is InChI=1S/C12H17NO3/c1-9(11-3-2-8-16-11)13(10-4-5-10)7-6-12(14)15/h2-3,8-10H,4-7H2,1H3,(H,14,15). The summed E-state index contributed by atoms with van der Waals surface area (Å²) in [5, 5.41) is 8.73. The van der Waals surface area contributed by atoms with Crippen LogP contribution in [0.1, 0.15) is 38.0 Å². The van der Waals surface area contributed by atoms with Crippen molar-refractivity contribution in [2.24, 2.45) is 0 Å². The Labute approximate surface area is 94.9 Å². The number of furan rings is 1. The van der Waals surface area contributed by atoms with Gasteiger partial charge in [0, 0.05) is 12.6 Å². The van der Waals surface area contributed by atoms with Crippen LogP contribution in [0.3, 0.4) is 0 Å². The predicted molar refractivity (Wildman–Crippen MR) is 59.1 cm³/mol. The molecule has 1 heterocycles. The molecule has 0 radical (unpaired) electrons. The topological polar surface area (TPSA) is 53.7 Å². The van der Waals surface area contributed by atoms with E-state index in [4.69, 9.17) is 9.52 Å². The first-order valence-electron chi connectivity index (χ1n) is 5.69. The van der Waals surface area contributed by atoms with E-state index in [9.17, 15) is 4.79 Å². The minimum atomic E-state index is -0.739. The molecule has 1 unspecified atom stereocenters. The Morgan fingerprint density at radius 1 is 1.69 bits per heavy atom. The van der Waals surface area contributed by atoms with E-state index < -0.39 is 5.97 Å². The summed E-state index contributed by atoms with van der Waals surface area (Å²) in [6.07, 6.45) is 4.20. The van der Waals surface area contributed by atoms with Crippen molar-refractivity contribution in [1.29, 1.82) is 0 Å². The van der Waals surface area contributed by atoms with Gasteiger partial charge in [0.15, 0.2) is 0 Å². The fourth-order valence-corrected chi connectivity index (χ4v) is 2.02. The zero-order chi connectivity index (χ0) is 11.5. The van der Waals surface area contributed by atoms with Gasteiger partial charge in [0.2, 0.25) is 0 Å². The molecule has 1 saturated carbocycles. The maximum Gasteiger partial charge on any atom is 0.304 e. The highest BCUT2D eigenvalue weighted by atomic mass is 16.4. The van der Waals surface area contributed by atoms with E-state index in [0.29, 0.717) is 12.6 Å². The molecule has 1 aliphatic carbocycles. The van der Waals surface area contributed by atoms with Gasteiger partial charge in [-0.1, -0.05) is 0 Å². The molecule has 1 fully saturated rings. The van der Waals surface area contributed by atoms with Crippen LogP contribution in [0.2, 0.25) is 0 Å². The molecule has 1 aromatic heterocycles. The lowest BCUT2D eigenvalue weighted by Crippen LogP contribution is -2.31. The molecular weight excluding hydrogens is 206 g/mol. The van der Waals surface area contributed by atoms with E-state index >= 15 is 0 Å². The molecule has 1 aliphatic rings. The summed E-state index contributed by atoms with van der Waals surface area (Å²) in [5.41, 5.74) is 0. The molecule has 4 heteroatoms. The zero-order valence-corrected chi connectivity index (χ0v) is 9.43. The molecule has 0 aliphatic heterocycles. The highest BCUT2D eigenvalue weighted by molar-refractivity contribution is 5.66. The van der Waals surface area contributed by atoms with E-state index in [-0.39, 0.29) is 12.5 Å². The van der Waals surface area contributed by atoms with Crippen LogP contribution in [0, 0.1) is 0 Å². The van der Waals surface area contributed by atoms with E-state index in [1.165, 1.54) is 12.8 Å². The van der Waals surface area contributed by atoms with Gasteiger partial charge in [-0.15, -0.1) is 0 Å². The predicted octanol–water partition coefficient (Wildman–Crippen LogP) is 2.28. The summed E-state index contributed by atoms with van der Waals surface area (Å²) in [6, 6.07) is 4.52. The Hall–Kier alpha value is -1.29. The highest BCUT2D eigenvalue weighted by Gasteiger charge is 2.33. The largest absolute Gasteiger partial charge is 0.481 e. The van der Waals surface area contributed by atoms with Crippen molar-refractivity contribution in [3.63, 3.8) is 0 Å². The normalized spacial score (nSPS) is 17.6. The van der Waals surface area contributed by atoms with Crippen molar-refractivity contribution < 1.29 is 14.3 Å². The fourth-order valence-electron chi connectivity index (χ4n) is 2.02. The van der Waals surface area contributed by atoms with E-state index in [2.05, 4.69) is 11.8 Å². The first kappa shape index (κ1) is 11.2. The third-order valence-corrected chi connectivity index (χ3v) is 3.05. The Morgan fingerprint density at radius 2 is 2.44 bits per heavy atom. The number of nitrogens with zero attached hydrogens (tertiary/aromatic N) is 1. The van der Waals surface area contributed by atoms with Crippen LogP contribution in [0.15, 0.2) is 22.8 Å². The number of carbonyl (C=O) groups is 1. The minimum absolute atomic E-state index is 0.168. The van der Waals surface area contributed by atoms with Crippen molar-refractivity contribution in [3.05, 3.63) is 24.2 Å². The minimum Gasteiger partial charge on any atom is -0.481 e. The number of rotatable bonds is 6. The molecule has 4 nitrogen and oxygen atoms in total. The summed E-state index contributed by atoms with van der Waals surface area (Å²) in [7, 11) is 0. The van der Waals surface area contributed by atoms with Crippen LogP contribution in [-0.4, -0.2) is 28.6 Å². The SMILES string of the molecule is CC(c1ccco1)N(CCC(=O)O)C1CC1. The van der Waals surface area contributed by atoms with Gasteiger partial charge in [0.25, 0.3) is 0 Å². The smallest absolute Gasteiger partial charge is 0.304 e. The van der Waals surface area contributed by atoms with Gasteiger partial charge in [-0.3, -0.25) is 9.69 Å². The van der Waals surface area contributed by atoms with E-state index in [1.807, 2.05) is 12.1 Å². The Kier molecular flexibility index (Phi) is 3.29. The van der Waals surface area contributed by atoms with Crippen molar-refractivity contribution in [2.75, 3.05) is 6.54 Å². The Bertz CT molecular complexity index is 343. The van der Waals surface area contributed by atoms with Crippen LogP contribution >= 0.6 is 0 Å². The number of carboxylic acids is 1. The van der Waals surface area contributed by atoms with Gasteiger partial charge in [0.1, 0.15) is 5.76 Å². The van der Waals surface area contributed by atoms with Gasteiger partial charge in [-0.05, 0) is 31.9 Å². The third kappa shape index (κ3) is 2.64. The second kappa shape index (κ2) is 4.70. The maximum absolute atomic E-state index is 10.6. The van der Waals surface area contributed by atoms with Gasteiger partial charge >= 0.3 is 5.97 Å². The van der Waals surface area contributed by atoms with Crippen LogP contribution in [-0.2, 0) is 4.79 Å². The van der Waals surface area contributed by atoms with Gasteiger partial charge in [-0.2, -0.15) is 0 Å². The van der Waals surface area contributed by atoms with Crippen LogP contribution in [0.5, 0.6) is 0 Å². The summed E-state index contributed by atoms with van der Waals surface area (Å²) < 4.78 is 5.37. The molecule has 0 aromatic carbocycles. The molecule has 0 amide bonds. The number of carboxylic acid groups (broad SMARTS) is 1. The first-order chi connectivity index (χ1) is 7.68. The van der Waals surface area contributed by atoms with Crippen LogP contribution in [0.25, 0.3) is 0 Å². The molecule has 2 rings (SSSR count). The second-order valence-corrected chi connectivity index (χ2v) is 4.30. The van der Waals surface area contributed by atoms with Gasteiger partial charge in [-0.25, -0.2) is 0 Å². The average Bonchev–Trinajstić information content (AvgIpc) is 2.93. The van der Waals surface area contributed by atoms with Crippen molar-refractivity contribution >= 4 is 5.97 Å². The first-order valence-corrected chi connectivity index (χ1v) is 5.69. The quantitative estimate of drug-likeness (QED) is 0.803. The van der Waals surface area contributed by atoms with E-state index in [1.54, 1.807) is 6.26 Å². The molecular formula is C12H17NO3. The molecule has 16 heavy (non-hydrogen) atoms. The molecule has 0 saturated heterocycles. The monoisotopic (exact) mass is 223 g/mol. The summed E-state index contributed by atoms with van der Waals surface area (Å²) in [6.45, 7) is 2.67. The lowest BCUT2D eigenvalue weighted by Gasteiger charge is -2.26. The summed E-state index contributed by atoms with van der Waals surface area (Å²) in [5.74, 6) is 0.176. The summed E-state index contributed by atoms with van der Waals surface area (Å²) in [4.78, 5) is 12.8. The summed E-state index contributed by atoms with van der Waals surface area (Å²) >= 11 is 0. The van der Waals surface area contributed by atoms with Crippen LogP contribution in [0.4, 0.5) is 0 Å². The number of hydrogen-bond donors (Lipinski definition) is 1. The third-order valence-electron chi connectivity index (χ3n) is 3.05. The molecule has 1 aromatic rings. The molecule has 0 spiro atoms. The lowest BCUT2D eigenvalue weighted by atomic mass is 10.2.